The quantitative estimate of drug-likeness (QED) is 0.352. The molecular weight excluding hydrogens is 316 g/mol. The van der Waals surface area contributed by atoms with Crippen molar-refractivity contribution in [3.63, 3.8) is 0 Å². The second kappa shape index (κ2) is 11.5. The van der Waals surface area contributed by atoms with Crippen LogP contribution in [0.1, 0.15) is 13.3 Å². The maximum Gasteiger partial charge on any atom is 0.243 e. The molecule has 0 spiro atoms. The Balaban J connectivity index is 2.42. The van der Waals surface area contributed by atoms with Crippen molar-refractivity contribution >= 4 is 23.6 Å². The van der Waals surface area contributed by atoms with E-state index in [4.69, 9.17) is 9.47 Å². The van der Waals surface area contributed by atoms with Gasteiger partial charge in [0.05, 0.1) is 19.3 Å². The van der Waals surface area contributed by atoms with Crippen LogP contribution in [0.2, 0.25) is 0 Å². The summed E-state index contributed by atoms with van der Waals surface area (Å²) in [6.07, 6.45) is 3.21. The first kappa shape index (κ1) is 20.1. The first-order valence-electron chi connectivity index (χ1n) is 7.96. The zero-order valence-corrected chi connectivity index (χ0v) is 15.4. The topological polar surface area (TPSA) is 75.2 Å². The second-order valence-corrected chi connectivity index (χ2v) is 6.72. The van der Waals surface area contributed by atoms with E-state index < -0.39 is 0 Å². The van der Waals surface area contributed by atoms with Gasteiger partial charge in [-0.2, -0.15) is 11.8 Å². The third-order valence-corrected chi connectivity index (χ3v) is 3.94. The number of amides is 1. The molecule has 0 aliphatic carbocycles. The van der Waals surface area contributed by atoms with E-state index in [-0.39, 0.29) is 24.6 Å². The molecule has 1 amide bonds. The van der Waals surface area contributed by atoms with Crippen molar-refractivity contribution in [2.45, 2.75) is 25.5 Å². The molecule has 0 radical (unpaired) electrons. The lowest BCUT2D eigenvalue weighted by Crippen LogP contribution is -2.45. The van der Waals surface area contributed by atoms with Crippen LogP contribution in [0.5, 0.6) is 0 Å². The maximum absolute atomic E-state index is 11.7. The third kappa shape index (κ3) is 9.02. The number of ether oxygens (including phenoxy) is 2. The third-order valence-electron chi connectivity index (χ3n) is 3.32. The van der Waals surface area contributed by atoms with E-state index in [0.717, 1.165) is 25.3 Å². The van der Waals surface area contributed by atoms with Gasteiger partial charge >= 0.3 is 0 Å². The Morgan fingerprint density at radius 1 is 1.52 bits per heavy atom. The van der Waals surface area contributed by atoms with Crippen molar-refractivity contribution < 1.29 is 14.3 Å². The standard InChI is InChI=1S/C15H30N4O3S/c1-12(10-22-13-5-7-21-11-13)18-15(16-6-8-23-4)17-9-14(20)19(2)3/h12-13H,5-11H2,1-4H3,(H2,16,17,18). The van der Waals surface area contributed by atoms with Gasteiger partial charge in [0.25, 0.3) is 0 Å². The zero-order chi connectivity index (χ0) is 17.1. The van der Waals surface area contributed by atoms with Crippen LogP contribution in [0.25, 0.3) is 0 Å². The van der Waals surface area contributed by atoms with Gasteiger partial charge in [0, 0.05) is 39.0 Å². The fraction of sp³-hybridized carbons (Fsp3) is 0.867. The van der Waals surface area contributed by atoms with E-state index in [9.17, 15) is 4.79 Å². The summed E-state index contributed by atoms with van der Waals surface area (Å²) in [4.78, 5) is 17.6. The van der Waals surface area contributed by atoms with Crippen molar-refractivity contribution in [3.05, 3.63) is 0 Å². The van der Waals surface area contributed by atoms with Crippen LogP contribution in [0.3, 0.4) is 0 Å². The Hall–Kier alpha value is -0.990. The lowest BCUT2D eigenvalue weighted by Gasteiger charge is -2.20. The van der Waals surface area contributed by atoms with Gasteiger partial charge in [-0.3, -0.25) is 4.79 Å². The van der Waals surface area contributed by atoms with Gasteiger partial charge in [-0.25, -0.2) is 4.99 Å². The summed E-state index contributed by atoms with van der Waals surface area (Å²) < 4.78 is 11.1. The predicted molar refractivity (Wildman–Crippen MR) is 95.2 cm³/mol. The van der Waals surface area contributed by atoms with Crippen LogP contribution in [-0.4, -0.2) is 87.9 Å². The van der Waals surface area contributed by atoms with E-state index in [0.29, 0.717) is 19.2 Å². The van der Waals surface area contributed by atoms with Gasteiger partial charge in [-0.15, -0.1) is 0 Å². The van der Waals surface area contributed by atoms with Gasteiger partial charge in [0.1, 0.15) is 6.54 Å². The Kier molecular flexibility index (Phi) is 10.1. The lowest BCUT2D eigenvalue weighted by molar-refractivity contribution is -0.127. The van der Waals surface area contributed by atoms with Crippen molar-refractivity contribution in [3.8, 4) is 0 Å². The van der Waals surface area contributed by atoms with E-state index >= 15 is 0 Å². The summed E-state index contributed by atoms with van der Waals surface area (Å²) in [5, 5.41) is 6.53. The number of hydrogen-bond donors (Lipinski definition) is 2. The molecule has 1 saturated heterocycles. The maximum atomic E-state index is 11.7. The molecule has 0 bridgehead atoms. The van der Waals surface area contributed by atoms with Gasteiger partial charge in [0.15, 0.2) is 5.96 Å². The van der Waals surface area contributed by atoms with Crippen molar-refractivity contribution in [2.24, 2.45) is 4.99 Å². The van der Waals surface area contributed by atoms with Gasteiger partial charge in [-0.05, 0) is 19.6 Å². The van der Waals surface area contributed by atoms with E-state index in [1.807, 2.05) is 6.92 Å². The molecule has 7 nitrogen and oxygen atoms in total. The fourth-order valence-electron chi connectivity index (χ4n) is 1.91. The van der Waals surface area contributed by atoms with E-state index in [2.05, 4.69) is 21.9 Å². The number of nitrogens with zero attached hydrogens (tertiary/aromatic N) is 2. The second-order valence-electron chi connectivity index (χ2n) is 5.74. The highest BCUT2D eigenvalue weighted by molar-refractivity contribution is 7.98. The molecular formula is C15H30N4O3S. The van der Waals surface area contributed by atoms with Gasteiger partial charge < -0.3 is 25.0 Å². The fourth-order valence-corrected chi connectivity index (χ4v) is 2.22. The molecule has 2 unspecified atom stereocenters. The zero-order valence-electron chi connectivity index (χ0n) is 14.6. The van der Waals surface area contributed by atoms with Gasteiger partial charge in [-0.1, -0.05) is 0 Å². The average molecular weight is 346 g/mol. The number of hydrogen-bond acceptors (Lipinski definition) is 5. The molecule has 134 valence electrons. The summed E-state index contributed by atoms with van der Waals surface area (Å²) in [6, 6.07) is 0.102. The lowest BCUT2D eigenvalue weighted by atomic mass is 10.3. The molecule has 2 atom stereocenters. The molecule has 0 aromatic rings. The number of guanidine groups is 1. The average Bonchev–Trinajstić information content (AvgIpc) is 3.03. The molecule has 1 rings (SSSR count). The smallest absolute Gasteiger partial charge is 0.243 e. The van der Waals surface area contributed by atoms with Crippen LogP contribution in [0.15, 0.2) is 4.99 Å². The molecule has 0 saturated carbocycles. The van der Waals surface area contributed by atoms with Crippen LogP contribution >= 0.6 is 11.8 Å². The molecule has 1 aliphatic heterocycles. The molecule has 0 aromatic carbocycles. The Labute approximate surface area is 143 Å². The minimum absolute atomic E-state index is 0.0250. The summed E-state index contributed by atoms with van der Waals surface area (Å²) in [5.41, 5.74) is 0. The summed E-state index contributed by atoms with van der Waals surface area (Å²) >= 11 is 1.76. The molecule has 2 N–H and O–H groups in total. The minimum Gasteiger partial charge on any atom is -0.379 e. The number of carbonyl (C=O) groups is 1. The van der Waals surface area contributed by atoms with Gasteiger partial charge in [0.2, 0.25) is 5.91 Å². The first-order valence-corrected chi connectivity index (χ1v) is 9.35. The molecule has 0 aromatic heterocycles. The van der Waals surface area contributed by atoms with Crippen molar-refractivity contribution in [1.82, 2.24) is 15.5 Å². The number of nitrogens with one attached hydrogen (secondary N) is 2. The SMILES string of the molecule is CSCCNC(=NCC(=O)N(C)C)NC(C)COC1CCOC1. The van der Waals surface area contributed by atoms with Crippen molar-refractivity contribution in [1.29, 1.82) is 0 Å². The highest BCUT2D eigenvalue weighted by Crippen LogP contribution is 2.08. The number of carbonyl (C=O) groups excluding carboxylic acids is 1. The highest BCUT2D eigenvalue weighted by Gasteiger charge is 2.17. The Morgan fingerprint density at radius 2 is 2.30 bits per heavy atom. The highest BCUT2D eigenvalue weighted by atomic mass is 32.2. The number of thioether (sulfide) groups is 1. The van der Waals surface area contributed by atoms with Crippen LogP contribution in [0.4, 0.5) is 0 Å². The Bertz CT molecular complexity index is 374. The minimum atomic E-state index is -0.0250. The number of likely N-dealkylation sites (N-methyl/N-ethyl adjacent to an activating group) is 1. The van der Waals surface area contributed by atoms with Crippen LogP contribution in [0, 0.1) is 0 Å². The predicted octanol–water partition coefficient (Wildman–Crippen LogP) is 0.167. The molecule has 1 heterocycles. The largest absolute Gasteiger partial charge is 0.379 e. The van der Waals surface area contributed by atoms with E-state index in [1.54, 1.807) is 25.9 Å². The number of aliphatic imine (C=N–C) groups is 1. The van der Waals surface area contributed by atoms with Crippen molar-refractivity contribution in [2.75, 3.05) is 59.0 Å². The summed E-state index contributed by atoms with van der Waals surface area (Å²) in [6.45, 7) is 5.01. The first-order chi connectivity index (χ1) is 11.0. The summed E-state index contributed by atoms with van der Waals surface area (Å²) in [7, 11) is 3.46. The summed E-state index contributed by atoms with van der Waals surface area (Å²) in [5.74, 6) is 1.60. The van der Waals surface area contributed by atoms with E-state index in [1.165, 1.54) is 4.90 Å². The monoisotopic (exact) mass is 346 g/mol. The molecule has 23 heavy (non-hydrogen) atoms. The van der Waals surface area contributed by atoms with Crippen LogP contribution in [-0.2, 0) is 14.3 Å². The molecule has 8 heteroatoms. The normalized spacial score (nSPS) is 19.5. The molecule has 1 fully saturated rings. The number of rotatable bonds is 9. The molecule has 1 aliphatic rings. The van der Waals surface area contributed by atoms with Crippen LogP contribution < -0.4 is 10.6 Å². The Morgan fingerprint density at radius 3 is 2.91 bits per heavy atom.